The van der Waals surface area contributed by atoms with Crippen molar-refractivity contribution in [3.05, 3.63) is 86.0 Å². The number of primary amides is 1. The van der Waals surface area contributed by atoms with Crippen LogP contribution in [0.5, 0.6) is 0 Å². The monoisotopic (exact) mass is 538 g/mol. The lowest BCUT2D eigenvalue weighted by Crippen LogP contribution is -2.24. The van der Waals surface area contributed by atoms with Gasteiger partial charge in [-0.25, -0.2) is 4.40 Å². The van der Waals surface area contributed by atoms with Gasteiger partial charge in [-0.05, 0) is 42.3 Å². The molecule has 182 valence electrons. The highest BCUT2D eigenvalue weighted by Crippen LogP contribution is 2.31. The molecule has 5 rings (SSSR count). The minimum absolute atomic E-state index is 0.0513. The van der Waals surface area contributed by atoms with Gasteiger partial charge in [0.1, 0.15) is 4.83 Å². The molecule has 12 heteroatoms. The number of nitrogens with two attached hydrogens (primary N) is 1. The van der Waals surface area contributed by atoms with Crippen molar-refractivity contribution in [3.63, 3.8) is 0 Å². The number of aromatic nitrogens is 4. The number of nitrogens with zero attached hydrogens (tertiary/aromatic N) is 4. The summed E-state index contributed by atoms with van der Waals surface area (Å²) in [5, 5.41) is 12.7. The van der Waals surface area contributed by atoms with E-state index in [1.54, 1.807) is 35.6 Å². The Bertz CT molecular complexity index is 1680. The van der Waals surface area contributed by atoms with E-state index in [0.29, 0.717) is 42.3 Å². The molecule has 0 unspecified atom stereocenters. The predicted molar refractivity (Wildman–Crippen MR) is 142 cm³/mol. The zero-order valence-electron chi connectivity index (χ0n) is 18.9. The zero-order chi connectivity index (χ0) is 25.4. The molecule has 0 fully saturated rings. The van der Waals surface area contributed by atoms with Gasteiger partial charge in [-0.3, -0.25) is 19.0 Å². The summed E-state index contributed by atoms with van der Waals surface area (Å²) in [6.07, 6.45) is 0. The number of carbonyl (C=O) groups is 2. The van der Waals surface area contributed by atoms with Gasteiger partial charge in [-0.1, -0.05) is 53.7 Å². The molecule has 3 heterocycles. The molecule has 0 aliphatic heterocycles. The van der Waals surface area contributed by atoms with Crippen LogP contribution in [0.25, 0.3) is 16.0 Å². The first-order valence-corrected chi connectivity index (χ1v) is 12.9. The Morgan fingerprint density at radius 1 is 1.11 bits per heavy atom. The maximum absolute atomic E-state index is 13.6. The maximum Gasteiger partial charge on any atom is 0.264 e. The molecule has 3 aromatic heterocycles. The summed E-state index contributed by atoms with van der Waals surface area (Å²) in [5.74, 6) is -0.488. The quantitative estimate of drug-likeness (QED) is 0.302. The number of rotatable bonds is 7. The van der Waals surface area contributed by atoms with Gasteiger partial charge in [-0.2, -0.15) is 0 Å². The van der Waals surface area contributed by atoms with Gasteiger partial charge >= 0.3 is 0 Å². The molecular weight excluding hydrogens is 520 g/mol. The third kappa shape index (κ3) is 4.48. The molecule has 0 aliphatic carbocycles. The van der Waals surface area contributed by atoms with Crippen LogP contribution in [0.2, 0.25) is 5.02 Å². The highest BCUT2D eigenvalue weighted by Gasteiger charge is 2.24. The lowest BCUT2D eigenvalue weighted by Gasteiger charge is -2.10. The molecule has 0 aliphatic rings. The molecule has 5 aromatic rings. The summed E-state index contributed by atoms with van der Waals surface area (Å²) < 4.78 is 3.23. The minimum atomic E-state index is -0.611. The van der Waals surface area contributed by atoms with Crippen LogP contribution in [-0.2, 0) is 11.3 Å². The molecule has 0 spiro atoms. The highest BCUT2D eigenvalue weighted by molar-refractivity contribution is 7.99. The van der Waals surface area contributed by atoms with Crippen LogP contribution >= 0.6 is 34.7 Å². The first kappa shape index (κ1) is 24.0. The molecule has 0 radical (unpaired) electrons. The van der Waals surface area contributed by atoms with E-state index >= 15 is 0 Å². The molecule has 0 atom stereocenters. The largest absolute Gasteiger partial charge is 0.365 e. The number of halogens is 1. The number of nitrogens with one attached hydrogen (secondary N) is 1. The molecular formula is C24H19ClN6O3S2. The van der Waals surface area contributed by atoms with Gasteiger partial charge in [0.25, 0.3) is 11.5 Å². The van der Waals surface area contributed by atoms with Gasteiger partial charge in [0, 0.05) is 10.7 Å². The fraction of sp³-hybridized carbons (Fsp3) is 0.125. The van der Waals surface area contributed by atoms with E-state index < -0.39 is 5.91 Å². The molecule has 0 bridgehead atoms. The Balaban J connectivity index is 1.57. The number of aryl methyl sites for hydroxylation is 1. The van der Waals surface area contributed by atoms with Crippen LogP contribution in [0, 0.1) is 6.92 Å². The van der Waals surface area contributed by atoms with Crippen LogP contribution in [-0.4, -0.2) is 36.7 Å². The first-order valence-electron chi connectivity index (χ1n) is 10.8. The zero-order valence-corrected chi connectivity index (χ0v) is 21.3. The Morgan fingerprint density at radius 2 is 1.83 bits per heavy atom. The van der Waals surface area contributed by atoms with Crippen molar-refractivity contribution < 1.29 is 9.59 Å². The van der Waals surface area contributed by atoms with Crippen molar-refractivity contribution in [2.75, 3.05) is 11.1 Å². The predicted octanol–water partition coefficient (Wildman–Crippen LogP) is 3.95. The standard InChI is InChI=1S/C24H19ClN6O3S2/c1-13-18-21(34)30(11-14-5-3-2-4-6-14)23-28-29-24(31(23)22(18)36-19(13)20(26)33)35-12-17(32)27-16-9-7-15(25)8-10-16/h2-10H,11-12H2,1H3,(H2,26,33)(H,27,32). The fourth-order valence-electron chi connectivity index (χ4n) is 3.85. The lowest BCUT2D eigenvalue weighted by atomic mass is 10.2. The summed E-state index contributed by atoms with van der Waals surface area (Å²) >= 11 is 8.19. The third-order valence-corrected chi connectivity index (χ3v) is 7.99. The number of carbonyl (C=O) groups excluding carboxylic acids is 2. The van der Waals surface area contributed by atoms with Crippen molar-refractivity contribution >= 4 is 68.2 Å². The minimum Gasteiger partial charge on any atom is -0.365 e. The average Bonchev–Trinajstić information content (AvgIpc) is 3.44. The second-order valence-electron chi connectivity index (χ2n) is 7.94. The second kappa shape index (κ2) is 9.76. The smallest absolute Gasteiger partial charge is 0.264 e. The van der Waals surface area contributed by atoms with Gasteiger partial charge in [0.05, 0.1) is 22.6 Å². The maximum atomic E-state index is 13.6. The number of benzene rings is 2. The summed E-state index contributed by atoms with van der Waals surface area (Å²) in [4.78, 5) is 39.0. The van der Waals surface area contributed by atoms with Gasteiger partial charge < -0.3 is 11.1 Å². The first-order chi connectivity index (χ1) is 17.3. The van der Waals surface area contributed by atoms with E-state index in [-0.39, 0.29) is 23.8 Å². The van der Waals surface area contributed by atoms with Crippen molar-refractivity contribution in [2.24, 2.45) is 5.73 Å². The van der Waals surface area contributed by atoms with E-state index in [2.05, 4.69) is 15.5 Å². The van der Waals surface area contributed by atoms with Gasteiger partial charge in [0.2, 0.25) is 11.7 Å². The summed E-state index contributed by atoms with van der Waals surface area (Å²) in [6, 6.07) is 16.3. The Kier molecular flexibility index (Phi) is 6.52. The van der Waals surface area contributed by atoms with E-state index in [9.17, 15) is 14.4 Å². The Hall–Kier alpha value is -3.67. The Labute approximate surface area is 217 Å². The van der Waals surface area contributed by atoms with E-state index in [1.165, 1.54) is 16.3 Å². The van der Waals surface area contributed by atoms with Crippen molar-refractivity contribution in [1.82, 2.24) is 19.2 Å². The lowest BCUT2D eigenvalue weighted by molar-refractivity contribution is -0.113. The van der Waals surface area contributed by atoms with E-state index in [0.717, 1.165) is 16.9 Å². The number of amides is 2. The van der Waals surface area contributed by atoms with Crippen molar-refractivity contribution in [2.45, 2.75) is 18.6 Å². The number of thioether (sulfide) groups is 1. The number of thiophene rings is 1. The normalized spacial score (nSPS) is 11.3. The average molecular weight is 539 g/mol. The molecule has 9 nitrogen and oxygen atoms in total. The highest BCUT2D eigenvalue weighted by atomic mass is 35.5. The Morgan fingerprint density at radius 3 is 2.53 bits per heavy atom. The van der Waals surface area contributed by atoms with E-state index in [1.807, 2.05) is 30.3 Å². The molecule has 36 heavy (non-hydrogen) atoms. The van der Waals surface area contributed by atoms with Gasteiger partial charge in [0.15, 0.2) is 5.16 Å². The van der Waals surface area contributed by atoms with Crippen LogP contribution in [0.3, 0.4) is 0 Å². The van der Waals surface area contributed by atoms with Crippen LogP contribution in [0.15, 0.2) is 64.5 Å². The summed E-state index contributed by atoms with van der Waals surface area (Å²) in [7, 11) is 0. The van der Waals surface area contributed by atoms with Crippen LogP contribution in [0.1, 0.15) is 20.8 Å². The summed E-state index contributed by atoms with van der Waals surface area (Å²) in [6.45, 7) is 1.97. The van der Waals surface area contributed by atoms with E-state index in [4.69, 9.17) is 17.3 Å². The van der Waals surface area contributed by atoms with Crippen LogP contribution in [0.4, 0.5) is 5.69 Å². The number of hydrogen-bond donors (Lipinski definition) is 2. The molecule has 0 saturated carbocycles. The van der Waals surface area contributed by atoms with Crippen molar-refractivity contribution in [1.29, 1.82) is 0 Å². The van der Waals surface area contributed by atoms with Crippen LogP contribution < -0.4 is 16.6 Å². The molecule has 2 amide bonds. The summed E-state index contributed by atoms with van der Waals surface area (Å²) in [5.41, 5.74) is 7.34. The molecule has 0 saturated heterocycles. The molecule has 2 aromatic carbocycles. The number of anilines is 1. The second-order valence-corrected chi connectivity index (χ2v) is 10.3. The van der Waals surface area contributed by atoms with Crippen molar-refractivity contribution in [3.8, 4) is 0 Å². The molecule has 3 N–H and O–H groups in total. The number of hydrogen-bond acceptors (Lipinski definition) is 7. The topological polar surface area (TPSA) is 124 Å². The third-order valence-electron chi connectivity index (χ3n) is 5.52. The fourth-order valence-corrected chi connectivity index (χ4v) is 5.91. The van der Waals surface area contributed by atoms with Gasteiger partial charge in [-0.15, -0.1) is 21.5 Å². The SMILES string of the molecule is Cc1c(C(N)=O)sc2c1c(=O)n(Cc1ccccc1)c1nnc(SCC(=O)Nc3ccc(Cl)cc3)n21. The number of fused-ring (bicyclic) bond motifs is 3.